The van der Waals surface area contributed by atoms with E-state index in [2.05, 4.69) is 0 Å². The first kappa shape index (κ1) is 10.7. The molecular formula is C10H10O3S. The zero-order chi connectivity index (χ0) is 10.4. The highest BCUT2D eigenvalue weighted by Gasteiger charge is 1.97. The SMILES string of the molecule is O=C(O)/C=C/S(=O)Cc1ccccc1. The Morgan fingerprint density at radius 3 is 2.57 bits per heavy atom. The molecule has 14 heavy (non-hydrogen) atoms. The van der Waals surface area contributed by atoms with Gasteiger partial charge in [-0.1, -0.05) is 30.3 Å². The van der Waals surface area contributed by atoms with E-state index >= 15 is 0 Å². The van der Waals surface area contributed by atoms with Gasteiger partial charge in [0.1, 0.15) is 0 Å². The van der Waals surface area contributed by atoms with Crippen LogP contribution < -0.4 is 0 Å². The highest BCUT2D eigenvalue weighted by molar-refractivity contribution is 7.87. The van der Waals surface area contributed by atoms with E-state index in [4.69, 9.17) is 5.11 Å². The molecule has 1 aromatic rings. The maximum absolute atomic E-state index is 11.3. The fourth-order valence-electron chi connectivity index (χ4n) is 0.921. The quantitative estimate of drug-likeness (QED) is 0.767. The van der Waals surface area contributed by atoms with E-state index in [1.165, 1.54) is 5.41 Å². The second kappa shape index (κ2) is 5.34. The Hall–Kier alpha value is -1.42. The summed E-state index contributed by atoms with van der Waals surface area (Å²) in [5.74, 6) is -0.726. The Morgan fingerprint density at radius 1 is 1.36 bits per heavy atom. The molecule has 1 N–H and O–H groups in total. The molecule has 1 unspecified atom stereocenters. The minimum absolute atomic E-state index is 0.352. The molecule has 0 aliphatic heterocycles. The van der Waals surface area contributed by atoms with Crippen molar-refractivity contribution in [1.29, 1.82) is 0 Å². The summed E-state index contributed by atoms with van der Waals surface area (Å²) < 4.78 is 11.3. The number of carbonyl (C=O) groups is 1. The van der Waals surface area contributed by atoms with E-state index < -0.39 is 16.8 Å². The lowest BCUT2D eigenvalue weighted by molar-refractivity contribution is -0.131. The van der Waals surface area contributed by atoms with Crippen molar-refractivity contribution in [2.45, 2.75) is 5.75 Å². The summed E-state index contributed by atoms with van der Waals surface area (Å²) in [6.45, 7) is 0. The fourth-order valence-corrected chi connectivity index (χ4v) is 1.81. The molecule has 1 aromatic carbocycles. The van der Waals surface area contributed by atoms with Gasteiger partial charge in [0.2, 0.25) is 0 Å². The average molecular weight is 210 g/mol. The Kier molecular flexibility index (Phi) is 4.07. The predicted molar refractivity (Wildman–Crippen MR) is 55.1 cm³/mol. The van der Waals surface area contributed by atoms with Crippen LogP contribution in [0.1, 0.15) is 5.56 Å². The Morgan fingerprint density at radius 2 is 2.00 bits per heavy atom. The van der Waals surface area contributed by atoms with Crippen molar-refractivity contribution in [3.05, 3.63) is 47.4 Å². The minimum Gasteiger partial charge on any atom is -0.478 e. The topological polar surface area (TPSA) is 54.4 Å². The third kappa shape index (κ3) is 4.00. The van der Waals surface area contributed by atoms with Crippen molar-refractivity contribution in [1.82, 2.24) is 0 Å². The first-order chi connectivity index (χ1) is 6.68. The summed E-state index contributed by atoms with van der Waals surface area (Å²) in [5, 5.41) is 9.50. The van der Waals surface area contributed by atoms with Crippen molar-refractivity contribution in [3.63, 3.8) is 0 Å². The Bertz CT molecular complexity index is 357. The molecule has 0 aliphatic rings. The number of carboxylic acid groups (broad SMARTS) is 1. The molecule has 3 nitrogen and oxygen atoms in total. The second-order valence-corrected chi connectivity index (χ2v) is 3.97. The minimum atomic E-state index is -1.25. The highest BCUT2D eigenvalue weighted by Crippen LogP contribution is 2.03. The summed E-state index contributed by atoms with van der Waals surface area (Å²) in [6.07, 6.45) is 0.902. The van der Waals surface area contributed by atoms with Gasteiger partial charge in [0, 0.05) is 11.5 Å². The molecule has 1 rings (SSSR count). The monoisotopic (exact) mass is 210 g/mol. The van der Waals surface area contributed by atoms with Gasteiger partial charge in [-0.05, 0) is 5.56 Å². The molecule has 4 heteroatoms. The molecule has 0 bridgehead atoms. The van der Waals surface area contributed by atoms with Crippen molar-refractivity contribution >= 4 is 16.8 Å². The van der Waals surface area contributed by atoms with Gasteiger partial charge in [0.05, 0.1) is 16.6 Å². The molecule has 1 atom stereocenters. The Balaban J connectivity index is 2.54. The van der Waals surface area contributed by atoms with Crippen LogP contribution in [-0.4, -0.2) is 15.3 Å². The maximum atomic E-state index is 11.3. The highest BCUT2D eigenvalue weighted by atomic mass is 32.2. The number of hydrogen-bond donors (Lipinski definition) is 1. The van der Waals surface area contributed by atoms with Gasteiger partial charge in [-0.25, -0.2) is 4.79 Å². The van der Waals surface area contributed by atoms with E-state index in [1.54, 1.807) is 0 Å². The maximum Gasteiger partial charge on any atom is 0.328 e. The van der Waals surface area contributed by atoms with Gasteiger partial charge < -0.3 is 5.11 Å². The van der Waals surface area contributed by atoms with Crippen LogP contribution in [0, 0.1) is 0 Å². The summed E-state index contributed by atoms with van der Waals surface area (Å²) in [5.41, 5.74) is 0.931. The van der Waals surface area contributed by atoms with Crippen molar-refractivity contribution in [2.75, 3.05) is 0 Å². The van der Waals surface area contributed by atoms with Crippen LogP contribution in [0.25, 0.3) is 0 Å². The molecule has 0 heterocycles. The van der Waals surface area contributed by atoms with Crippen molar-refractivity contribution in [2.24, 2.45) is 0 Å². The lowest BCUT2D eigenvalue weighted by Crippen LogP contribution is -1.93. The van der Waals surface area contributed by atoms with E-state index in [1.807, 2.05) is 30.3 Å². The molecule has 0 amide bonds. The largest absolute Gasteiger partial charge is 0.478 e. The number of rotatable bonds is 4. The van der Waals surface area contributed by atoms with E-state index in [0.717, 1.165) is 11.6 Å². The van der Waals surface area contributed by atoms with Crippen LogP contribution >= 0.6 is 0 Å². The van der Waals surface area contributed by atoms with Crippen LogP contribution in [0.3, 0.4) is 0 Å². The number of carboxylic acids is 1. The van der Waals surface area contributed by atoms with Gasteiger partial charge in [-0.2, -0.15) is 0 Å². The summed E-state index contributed by atoms with van der Waals surface area (Å²) in [6, 6.07) is 9.29. The number of aliphatic carboxylic acids is 1. The lowest BCUT2D eigenvalue weighted by Gasteiger charge is -1.96. The number of benzene rings is 1. The van der Waals surface area contributed by atoms with E-state index in [9.17, 15) is 9.00 Å². The molecule has 0 aromatic heterocycles. The zero-order valence-corrected chi connectivity index (χ0v) is 8.24. The van der Waals surface area contributed by atoms with Crippen LogP contribution in [0.2, 0.25) is 0 Å². The van der Waals surface area contributed by atoms with Crippen LogP contribution in [0.15, 0.2) is 41.8 Å². The lowest BCUT2D eigenvalue weighted by atomic mass is 10.2. The van der Waals surface area contributed by atoms with Crippen molar-refractivity contribution < 1.29 is 14.1 Å². The molecule has 0 radical (unpaired) electrons. The first-order valence-corrected chi connectivity index (χ1v) is 5.39. The fraction of sp³-hybridized carbons (Fsp3) is 0.100. The molecule has 74 valence electrons. The smallest absolute Gasteiger partial charge is 0.328 e. The van der Waals surface area contributed by atoms with Gasteiger partial charge in [-0.3, -0.25) is 4.21 Å². The van der Waals surface area contributed by atoms with Gasteiger partial charge in [0.25, 0.3) is 0 Å². The first-order valence-electron chi connectivity index (χ1n) is 4.01. The summed E-state index contributed by atoms with van der Waals surface area (Å²) in [4.78, 5) is 10.1. The Labute approximate surface area is 84.5 Å². The van der Waals surface area contributed by atoms with E-state index in [0.29, 0.717) is 5.75 Å². The number of hydrogen-bond acceptors (Lipinski definition) is 2. The van der Waals surface area contributed by atoms with Crippen molar-refractivity contribution in [3.8, 4) is 0 Å². The molecule has 0 spiro atoms. The average Bonchev–Trinajstić information content (AvgIpc) is 2.16. The second-order valence-electron chi connectivity index (χ2n) is 2.65. The third-order valence-corrected chi connectivity index (χ3v) is 2.57. The molecule has 0 fully saturated rings. The molecule has 0 saturated heterocycles. The molecule has 0 aliphatic carbocycles. The van der Waals surface area contributed by atoms with E-state index in [-0.39, 0.29) is 0 Å². The van der Waals surface area contributed by atoms with Crippen LogP contribution in [0.4, 0.5) is 0 Å². The summed E-state index contributed by atoms with van der Waals surface area (Å²) in [7, 11) is -1.25. The predicted octanol–water partition coefficient (Wildman–Crippen LogP) is 1.53. The van der Waals surface area contributed by atoms with Crippen LogP contribution in [-0.2, 0) is 21.3 Å². The standard InChI is InChI=1S/C10H10O3S/c11-10(12)6-7-14(13)8-9-4-2-1-3-5-9/h1-7H,8H2,(H,11,12)/b7-6+. The molecule has 0 saturated carbocycles. The molecular weight excluding hydrogens is 200 g/mol. The summed E-state index contributed by atoms with van der Waals surface area (Å²) >= 11 is 0. The zero-order valence-electron chi connectivity index (χ0n) is 7.42. The van der Waals surface area contributed by atoms with Gasteiger partial charge in [0.15, 0.2) is 0 Å². The normalized spacial score (nSPS) is 12.9. The van der Waals surface area contributed by atoms with Gasteiger partial charge in [-0.15, -0.1) is 0 Å². The third-order valence-electron chi connectivity index (χ3n) is 1.51. The van der Waals surface area contributed by atoms with Gasteiger partial charge >= 0.3 is 5.97 Å². The van der Waals surface area contributed by atoms with Crippen LogP contribution in [0.5, 0.6) is 0 Å².